The van der Waals surface area contributed by atoms with Crippen LogP contribution in [0.3, 0.4) is 0 Å². The second-order valence-corrected chi connectivity index (χ2v) is 11.0. The molecule has 0 fully saturated rings. The van der Waals surface area contributed by atoms with Crippen LogP contribution in [0.4, 0.5) is 0 Å². The molecule has 0 aliphatic heterocycles. The zero-order valence-electron chi connectivity index (χ0n) is 22.4. The van der Waals surface area contributed by atoms with Gasteiger partial charge in [-0.3, -0.25) is 9.59 Å². The topological polar surface area (TPSA) is 105 Å². The molecular weight excluding hydrogens is 518 g/mol. The molecule has 1 N–H and O–H groups in total. The fourth-order valence-electron chi connectivity index (χ4n) is 4.05. The summed E-state index contributed by atoms with van der Waals surface area (Å²) in [7, 11) is -0.652. The highest BCUT2D eigenvalue weighted by molar-refractivity contribution is 7.88. The third-order valence-corrected chi connectivity index (χ3v) is 7.29. The Balaban J connectivity index is 2.00. The minimum atomic E-state index is -3.75. The van der Waals surface area contributed by atoms with Crippen LogP contribution in [-0.4, -0.2) is 69.6 Å². The smallest absolute Gasteiger partial charge is 0.247 e. The molecule has 0 radical (unpaired) electrons. The number of nitrogens with one attached hydrogen (secondary N) is 1. The van der Waals surface area contributed by atoms with E-state index in [1.54, 1.807) is 55.6 Å². The lowest BCUT2D eigenvalue weighted by Gasteiger charge is -2.33. The van der Waals surface area contributed by atoms with E-state index in [9.17, 15) is 18.0 Å². The van der Waals surface area contributed by atoms with E-state index >= 15 is 0 Å². The number of carbonyl (C=O) groups excluding carboxylic acids is 2. The van der Waals surface area contributed by atoms with Crippen LogP contribution in [-0.2, 0) is 37.4 Å². The van der Waals surface area contributed by atoms with Crippen LogP contribution >= 0.6 is 0 Å². The van der Waals surface area contributed by atoms with Crippen molar-refractivity contribution in [2.75, 3.05) is 40.2 Å². The van der Waals surface area contributed by atoms with Crippen molar-refractivity contribution in [2.45, 2.75) is 19.1 Å². The van der Waals surface area contributed by atoms with Gasteiger partial charge in [0.1, 0.15) is 11.8 Å². The molecule has 0 aromatic heterocycles. The molecule has 3 aromatic rings. The largest absolute Gasteiger partial charge is 0.497 e. The van der Waals surface area contributed by atoms with Crippen molar-refractivity contribution in [2.24, 2.45) is 0 Å². The molecule has 208 valence electrons. The SMILES string of the molecule is COCCNC(=O)[C@H](c1ccccc1)N(Cc1ccc(OC)cc1)C(=O)CN(Cc1ccccc1)S(C)(=O)=O. The minimum Gasteiger partial charge on any atom is -0.497 e. The van der Waals surface area contributed by atoms with Crippen LogP contribution < -0.4 is 10.1 Å². The Hall–Kier alpha value is -3.73. The van der Waals surface area contributed by atoms with Gasteiger partial charge in [-0.1, -0.05) is 72.8 Å². The van der Waals surface area contributed by atoms with E-state index < -0.39 is 34.4 Å². The lowest BCUT2D eigenvalue weighted by atomic mass is 10.0. The summed E-state index contributed by atoms with van der Waals surface area (Å²) in [6.07, 6.45) is 1.07. The van der Waals surface area contributed by atoms with Crippen LogP contribution in [0.2, 0.25) is 0 Å². The van der Waals surface area contributed by atoms with Crippen molar-refractivity contribution in [1.29, 1.82) is 0 Å². The predicted molar refractivity (Wildman–Crippen MR) is 149 cm³/mol. The van der Waals surface area contributed by atoms with Gasteiger partial charge < -0.3 is 19.7 Å². The number of sulfonamides is 1. The Morgan fingerprint density at radius 3 is 2.00 bits per heavy atom. The first-order valence-electron chi connectivity index (χ1n) is 12.5. The molecule has 0 unspecified atom stereocenters. The molecule has 0 saturated carbocycles. The highest BCUT2D eigenvalue weighted by Crippen LogP contribution is 2.25. The lowest BCUT2D eigenvalue weighted by Crippen LogP contribution is -2.48. The molecule has 1 atom stereocenters. The van der Waals surface area contributed by atoms with Gasteiger partial charge in [-0.25, -0.2) is 8.42 Å². The van der Waals surface area contributed by atoms with E-state index in [0.29, 0.717) is 17.9 Å². The molecule has 0 spiro atoms. The van der Waals surface area contributed by atoms with Gasteiger partial charge in [-0.15, -0.1) is 0 Å². The number of carbonyl (C=O) groups is 2. The van der Waals surface area contributed by atoms with Crippen LogP contribution in [0.5, 0.6) is 5.75 Å². The first kappa shape index (κ1) is 29.8. The van der Waals surface area contributed by atoms with E-state index in [0.717, 1.165) is 21.7 Å². The molecule has 0 saturated heterocycles. The summed E-state index contributed by atoms with van der Waals surface area (Å²) in [5, 5.41) is 2.84. The van der Waals surface area contributed by atoms with Gasteiger partial charge in [0.05, 0.1) is 26.5 Å². The van der Waals surface area contributed by atoms with Crippen molar-refractivity contribution in [3.8, 4) is 5.75 Å². The first-order chi connectivity index (χ1) is 18.7. The van der Waals surface area contributed by atoms with Crippen molar-refractivity contribution in [3.05, 3.63) is 102 Å². The molecule has 0 heterocycles. The Morgan fingerprint density at radius 1 is 0.846 bits per heavy atom. The van der Waals surface area contributed by atoms with Gasteiger partial charge in [0.2, 0.25) is 21.8 Å². The summed E-state index contributed by atoms with van der Waals surface area (Å²) in [6, 6.07) is 24.2. The number of ether oxygens (including phenoxy) is 2. The Labute approximate surface area is 230 Å². The fraction of sp³-hybridized carbons (Fsp3) is 0.310. The Bertz CT molecular complexity index is 1300. The second kappa shape index (κ2) is 14.4. The molecule has 0 aliphatic rings. The summed E-state index contributed by atoms with van der Waals surface area (Å²) in [6.45, 7) is 0.227. The maximum absolute atomic E-state index is 14.0. The Morgan fingerprint density at radius 2 is 1.44 bits per heavy atom. The summed E-state index contributed by atoms with van der Waals surface area (Å²) in [4.78, 5) is 28.9. The number of nitrogens with zero attached hydrogens (tertiary/aromatic N) is 2. The number of methoxy groups -OCH3 is 2. The highest BCUT2D eigenvalue weighted by Gasteiger charge is 2.33. The van der Waals surface area contributed by atoms with E-state index in [1.807, 2.05) is 36.4 Å². The zero-order valence-corrected chi connectivity index (χ0v) is 23.3. The standard InChI is InChI=1S/C29H35N3O6S/c1-37-19-18-30-29(34)28(25-12-8-5-9-13-25)32(21-24-14-16-26(38-2)17-15-24)27(33)22-31(39(3,35)36)20-23-10-6-4-7-11-23/h4-17,28H,18-22H2,1-3H3,(H,30,34)/t28-/m0/s1. The summed E-state index contributed by atoms with van der Waals surface area (Å²) < 4.78 is 36.9. The number of amides is 2. The van der Waals surface area contributed by atoms with Crippen LogP contribution in [0.1, 0.15) is 22.7 Å². The zero-order chi connectivity index (χ0) is 28.3. The summed E-state index contributed by atoms with van der Waals surface area (Å²) in [5.41, 5.74) is 2.10. The molecular formula is C29H35N3O6S. The summed E-state index contributed by atoms with van der Waals surface area (Å²) in [5.74, 6) is -0.253. The van der Waals surface area contributed by atoms with Crippen molar-refractivity contribution >= 4 is 21.8 Å². The van der Waals surface area contributed by atoms with Gasteiger partial charge >= 0.3 is 0 Å². The van der Waals surface area contributed by atoms with Crippen LogP contribution in [0, 0.1) is 0 Å². The second-order valence-electron chi connectivity index (χ2n) is 8.98. The monoisotopic (exact) mass is 553 g/mol. The third kappa shape index (κ3) is 8.91. The van der Waals surface area contributed by atoms with E-state index in [4.69, 9.17) is 9.47 Å². The number of hydrogen-bond donors (Lipinski definition) is 1. The number of rotatable bonds is 14. The van der Waals surface area contributed by atoms with E-state index in [2.05, 4.69) is 5.32 Å². The van der Waals surface area contributed by atoms with Crippen LogP contribution in [0.15, 0.2) is 84.9 Å². The molecule has 3 aromatic carbocycles. The minimum absolute atomic E-state index is 0.0256. The molecule has 3 rings (SSSR count). The average Bonchev–Trinajstić information content (AvgIpc) is 2.93. The lowest BCUT2D eigenvalue weighted by molar-refractivity contribution is -0.141. The van der Waals surface area contributed by atoms with Crippen LogP contribution in [0.25, 0.3) is 0 Å². The van der Waals surface area contributed by atoms with E-state index in [1.165, 1.54) is 12.0 Å². The molecule has 2 amide bonds. The molecule has 39 heavy (non-hydrogen) atoms. The van der Waals surface area contributed by atoms with Crippen molar-refractivity contribution in [1.82, 2.24) is 14.5 Å². The van der Waals surface area contributed by atoms with Gasteiger partial charge in [0, 0.05) is 26.7 Å². The quantitative estimate of drug-likeness (QED) is 0.308. The fourth-order valence-corrected chi connectivity index (χ4v) is 4.78. The van der Waals surface area contributed by atoms with Gasteiger partial charge in [0.15, 0.2) is 0 Å². The summed E-state index contributed by atoms with van der Waals surface area (Å²) >= 11 is 0. The number of benzene rings is 3. The van der Waals surface area contributed by atoms with E-state index in [-0.39, 0.29) is 19.6 Å². The molecule has 0 aliphatic carbocycles. The molecule has 10 heteroatoms. The maximum Gasteiger partial charge on any atom is 0.247 e. The normalized spacial score (nSPS) is 12.1. The van der Waals surface area contributed by atoms with Gasteiger partial charge in [0.25, 0.3) is 0 Å². The average molecular weight is 554 g/mol. The van der Waals surface area contributed by atoms with Crippen molar-refractivity contribution < 1.29 is 27.5 Å². The van der Waals surface area contributed by atoms with Gasteiger partial charge in [-0.05, 0) is 28.8 Å². The molecule has 9 nitrogen and oxygen atoms in total. The number of hydrogen-bond acceptors (Lipinski definition) is 6. The van der Waals surface area contributed by atoms with Crippen molar-refractivity contribution in [3.63, 3.8) is 0 Å². The predicted octanol–water partition coefficient (Wildman–Crippen LogP) is 2.99. The first-order valence-corrected chi connectivity index (χ1v) is 14.3. The Kier molecular flexibility index (Phi) is 11.0. The maximum atomic E-state index is 14.0. The highest BCUT2D eigenvalue weighted by atomic mass is 32.2. The van der Waals surface area contributed by atoms with Gasteiger partial charge in [-0.2, -0.15) is 4.31 Å². The molecule has 0 bridgehead atoms. The third-order valence-electron chi connectivity index (χ3n) is 6.10.